The van der Waals surface area contributed by atoms with Crippen LogP contribution in [-0.2, 0) is 12.8 Å². The maximum Gasteiger partial charge on any atom is 0.132 e. The van der Waals surface area contributed by atoms with E-state index in [1.54, 1.807) is 6.33 Å². The fraction of sp³-hybridized carbons (Fsp3) is 0.714. The molecule has 3 heteroatoms. The summed E-state index contributed by atoms with van der Waals surface area (Å²) in [5, 5.41) is 3.48. The molecule has 1 heterocycles. The molecule has 0 saturated heterocycles. The van der Waals surface area contributed by atoms with Crippen LogP contribution in [0.15, 0.2) is 6.33 Å². The van der Waals surface area contributed by atoms with Crippen molar-refractivity contribution in [3.05, 3.63) is 17.6 Å². The van der Waals surface area contributed by atoms with Gasteiger partial charge in [0.1, 0.15) is 12.1 Å². The van der Waals surface area contributed by atoms with Crippen molar-refractivity contribution in [1.29, 1.82) is 0 Å². The molecule has 0 radical (unpaired) electrons. The Labute approximate surface area is 104 Å². The van der Waals surface area contributed by atoms with Crippen molar-refractivity contribution in [2.45, 2.75) is 58.3 Å². The first-order chi connectivity index (χ1) is 8.42. The lowest BCUT2D eigenvalue weighted by molar-refractivity contribution is 0.708. The summed E-state index contributed by atoms with van der Waals surface area (Å²) < 4.78 is 0. The predicted molar refractivity (Wildman–Crippen MR) is 71.3 cm³/mol. The third-order valence-corrected chi connectivity index (χ3v) is 3.45. The quantitative estimate of drug-likeness (QED) is 0.626. The van der Waals surface area contributed by atoms with Gasteiger partial charge in [0.15, 0.2) is 0 Å². The molecule has 0 unspecified atom stereocenters. The molecular formula is C14H23N3. The molecule has 1 N–H and O–H groups in total. The van der Waals surface area contributed by atoms with E-state index in [0.717, 1.165) is 25.2 Å². The second-order valence-electron chi connectivity index (χ2n) is 4.84. The van der Waals surface area contributed by atoms with Crippen LogP contribution >= 0.6 is 0 Å². The van der Waals surface area contributed by atoms with Crippen molar-refractivity contribution in [2.24, 2.45) is 0 Å². The van der Waals surface area contributed by atoms with Crippen LogP contribution in [-0.4, -0.2) is 16.5 Å². The van der Waals surface area contributed by atoms with Gasteiger partial charge >= 0.3 is 0 Å². The van der Waals surface area contributed by atoms with Gasteiger partial charge in [0.05, 0.1) is 0 Å². The topological polar surface area (TPSA) is 37.8 Å². The standard InChI is InChI=1S/C14H23N3/c1-2-3-7-10-15-14-12-8-5-4-6-9-13(12)16-11-17-14/h11H,2-10H2,1H3,(H,15,16,17). The van der Waals surface area contributed by atoms with Crippen LogP contribution in [0.4, 0.5) is 5.82 Å². The van der Waals surface area contributed by atoms with E-state index in [2.05, 4.69) is 22.2 Å². The number of aryl methyl sites for hydroxylation is 1. The molecule has 0 aromatic carbocycles. The number of hydrogen-bond donors (Lipinski definition) is 1. The van der Waals surface area contributed by atoms with Crippen molar-refractivity contribution < 1.29 is 0 Å². The first kappa shape index (κ1) is 12.3. The van der Waals surface area contributed by atoms with Crippen molar-refractivity contribution in [3.8, 4) is 0 Å². The number of fused-ring (bicyclic) bond motifs is 1. The second kappa shape index (κ2) is 6.58. The van der Waals surface area contributed by atoms with Crippen LogP contribution in [0.25, 0.3) is 0 Å². The Morgan fingerprint density at radius 2 is 2.00 bits per heavy atom. The highest BCUT2D eigenvalue weighted by molar-refractivity contribution is 5.46. The normalized spacial score (nSPS) is 15.1. The Hall–Kier alpha value is -1.12. The van der Waals surface area contributed by atoms with Gasteiger partial charge in [-0.2, -0.15) is 0 Å². The summed E-state index contributed by atoms with van der Waals surface area (Å²) in [6, 6.07) is 0. The summed E-state index contributed by atoms with van der Waals surface area (Å²) in [7, 11) is 0. The van der Waals surface area contributed by atoms with Gasteiger partial charge in [-0.3, -0.25) is 0 Å². The predicted octanol–water partition coefficient (Wildman–Crippen LogP) is 3.35. The number of anilines is 1. The molecule has 0 saturated carbocycles. The number of rotatable bonds is 5. The van der Waals surface area contributed by atoms with E-state index in [4.69, 9.17) is 0 Å². The zero-order chi connectivity index (χ0) is 11.9. The summed E-state index contributed by atoms with van der Waals surface area (Å²) in [6.07, 6.45) is 11.7. The van der Waals surface area contributed by atoms with Gasteiger partial charge in [-0.1, -0.05) is 26.2 Å². The molecule has 0 atom stereocenters. The van der Waals surface area contributed by atoms with Gasteiger partial charge in [0.25, 0.3) is 0 Å². The number of aromatic nitrogens is 2. The molecule has 1 aliphatic rings. The van der Waals surface area contributed by atoms with Crippen LogP contribution in [0.5, 0.6) is 0 Å². The van der Waals surface area contributed by atoms with Gasteiger partial charge in [-0.15, -0.1) is 0 Å². The van der Waals surface area contributed by atoms with E-state index in [-0.39, 0.29) is 0 Å². The van der Waals surface area contributed by atoms with E-state index in [9.17, 15) is 0 Å². The molecule has 1 aliphatic carbocycles. The summed E-state index contributed by atoms with van der Waals surface area (Å²) in [5.74, 6) is 1.09. The number of unbranched alkanes of at least 4 members (excludes halogenated alkanes) is 2. The minimum atomic E-state index is 1.04. The van der Waals surface area contributed by atoms with Crippen molar-refractivity contribution in [3.63, 3.8) is 0 Å². The van der Waals surface area contributed by atoms with Crippen LogP contribution in [0.1, 0.15) is 56.7 Å². The van der Waals surface area contributed by atoms with Gasteiger partial charge in [0.2, 0.25) is 0 Å². The third kappa shape index (κ3) is 3.42. The van der Waals surface area contributed by atoms with E-state index in [0.29, 0.717) is 0 Å². The highest BCUT2D eigenvalue weighted by Crippen LogP contribution is 2.23. The second-order valence-corrected chi connectivity index (χ2v) is 4.84. The summed E-state index contributed by atoms with van der Waals surface area (Å²) in [5.41, 5.74) is 2.65. The SMILES string of the molecule is CCCCCNc1ncnc2c1CCCCC2. The molecule has 17 heavy (non-hydrogen) atoms. The molecule has 2 rings (SSSR count). The minimum absolute atomic E-state index is 1.04. The molecule has 3 nitrogen and oxygen atoms in total. The molecule has 0 aliphatic heterocycles. The van der Waals surface area contributed by atoms with Crippen molar-refractivity contribution in [1.82, 2.24) is 9.97 Å². The lowest BCUT2D eigenvalue weighted by Gasteiger charge is -2.12. The van der Waals surface area contributed by atoms with Gasteiger partial charge in [-0.25, -0.2) is 9.97 Å². The smallest absolute Gasteiger partial charge is 0.132 e. The molecular weight excluding hydrogens is 210 g/mol. The largest absolute Gasteiger partial charge is 0.370 e. The van der Waals surface area contributed by atoms with E-state index < -0.39 is 0 Å². The average Bonchev–Trinajstić information content (AvgIpc) is 2.60. The van der Waals surface area contributed by atoms with E-state index >= 15 is 0 Å². The fourth-order valence-corrected chi connectivity index (χ4v) is 2.43. The summed E-state index contributed by atoms with van der Waals surface area (Å²) in [6.45, 7) is 3.27. The first-order valence-corrected chi connectivity index (χ1v) is 6.98. The van der Waals surface area contributed by atoms with Crippen LogP contribution < -0.4 is 5.32 Å². The molecule has 0 amide bonds. The summed E-state index contributed by atoms with van der Waals surface area (Å²) >= 11 is 0. The van der Waals surface area contributed by atoms with Gasteiger partial charge < -0.3 is 5.32 Å². The van der Waals surface area contributed by atoms with Crippen LogP contribution in [0.2, 0.25) is 0 Å². The number of nitrogens with one attached hydrogen (secondary N) is 1. The maximum absolute atomic E-state index is 4.43. The number of nitrogens with zero attached hydrogens (tertiary/aromatic N) is 2. The van der Waals surface area contributed by atoms with Crippen molar-refractivity contribution in [2.75, 3.05) is 11.9 Å². The van der Waals surface area contributed by atoms with Gasteiger partial charge in [0, 0.05) is 17.8 Å². The zero-order valence-electron chi connectivity index (χ0n) is 10.8. The highest BCUT2D eigenvalue weighted by atomic mass is 15.0. The van der Waals surface area contributed by atoms with Crippen LogP contribution in [0.3, 0.4) is 0 Å². The fourth-order valence-electron chi connectivity index (χ4n) is 2.43. The molecule has 1 aromatic heterocycles. The molecule has 1 aromatic rings. The molecule has 0 fully saturated rings. The van der Waals surface area contributed by atoms with E-state index in [1.165, 1.54) is 49.8 Å². The summed E-state index contributed by atoms with van der Waals surface area (Å²) in [4.78, 5) is 8.84. The molecule has 94 valence electrons. The van der Waals surface area contributed by atoms with E-state index in [1.807, 2.05) is 0 Å². The average molecular weight is 233 g/mol. The Kier molecular flexibility index (Phi) is 4.77. The van der Waals surface area contributed by atoms with Crippen molar-refractivity contribution >= 4 is 5.82 Å². The van der Waals surface area contributed by atoms with Crippen LogP contribution in [0, 0.1) is 0 Å². The molecule has 0 spiro atoms. The first-order valence-electron chi connectivity index (χ1n) is 6.98. The maximum atomic E-state index is 4.43. The Morgan fingerprint density at radius 3 is 2.88 bits per heavy atom. The molecule has 0 bridgehead atoms. The lowest BCUT2D eigenvalue weighted by atomic mass is 10.1. The Balaban J connectivity index is 2.01. The highest BCUT2D eigenvalue weighted by Gasteiger charge is 2.13. The Bertz CT molecular complexity index is 349. The Morgan fingerprint density at radius 1 is 1.12 bits per heavy atom. The third-order valence-electron chi connectivity index (χ3n) is 3.45. The zero-order valence-corrected chi connectivity index (χ0v) is 10.8. The minimum Gasteiger partial charge on any atom is -0.370 e. The lowest BCUT2D eigenvalue weighted by Crippen LogP contribution is -2.09. The number of hydrogen-bond acceptors (Lipinski definition) is 3. The van der Waals surface area contributed by atoms with Gasteiger partial charge in [-0.05, 0) is 32.1 Å². The monoisotopic (exact) mass is 233 g/mol.